The van der Waals surface area contributed by atoms with Crippen molar-refractivity contribution >= 4 is 10.0 Å². The highest BCUT2D eigenvalue weighted by molar-refractivity contribution is 7.89. The lowest BCUT2D eigenvalue weighted by Gasteiger charge is -2.14. The topological polar surface area (TPSA) is 73.9 Å². The molecule has 6 nitrogen and oxygen atoms in total. The van der Waals surface area contributed by atoms with Crippen molar-refractivity contribution in [2.75, 3.05) is 27.1 Å². The van der Waals surface area contributed by atoms with Crippen LogP contribution in [0.1, 0.15) is 18.9 Å². The molecule has 7 heteroatoms. The van der Waals surface area contributed by atoms with Crippen molar-refractivity contribution in [3.8, 4) is 17.2 Å². The molecule has 0 fully saturated rings. The summed E-state index contributed by atoms with van der Waals surface area (Å²) in [4.78, 5) is 0. The van der Waals surface area contributed by atoms with Crippen LogP contribution in [0, 0.1) is 0 Å². The van der Waals surface area contributed by atoms with Gasteiger partial charge in [-0.2, -0.15) is 0 Å². The molecule has 1 aromatic carbocycles. The van der Waals surface area contributed by atoms with Gasteiger partial charge in [0, 0.05) is 18.2 Å². The molecule has 0 amide bonds. The average Bonchev–Trinajstić information content (AvgIpc) is 2.44. The molecule has 0 aliphatic carbocycles. The average molecular weight is 303 g/mol. The standard InChI is InChI=1S/C13H21NO5S/c1-5-6-20(15,16)14-9-10-7-12(18-3)13(19-4)8-11(10)17-2/h7-8,14H,5-6,9H2,1-4H3. The minimum absolute atomic E-state index is 0.0998. The Labute approximate surface area is 120 Å². The number of ether oxygens (including phenoxy) is 3. The first-order valence-electron chi connectivity index (χ1n) is 6.23. The first-order chi connectivity index (χ1) is 9.47. The molecular weight excluding hydrogens is 282 g/mol. The second-order valence-corrected chi connectivity index (χ2v) is 6.09. The van der Waals surface area contributed by atoms with Crippen molar-refractivity contribution in [1.29, 1.82) is 0 Å². The van der Waals surface area contributed by atoms with Crippen molar-refractivity contribution in [3.05, 3.63) is 17.7 Å². The molecule has 0 unspecified atom stereocenters. The van der Waals surface area contributed by atoms with Crippen LogP contribution < -0.4 is 18.9 Å². The molecule has 0 aliphatic rings. The van der Waals surface area contributed by atoms with Crippen LogP contribution in [0.2, 0.25) is 0 Å². The molecule has 0 saturated carbocycles. The van der Waals surface area contributed by atoms with Gasteiger partial charge in [-0.25, -0.2) is 13.1 Å². The molecule has 0 aliphatic heterocycles. The summed E-state index contributed by atoms with van der Waals surface area (Å²) in [6.07, 6.45) is 0.568. The van der Waals surface area contributed by atoms with Crippen LogP contribution in [0.15, 0.2) is 12.1 Å². The molecule has 1 aromatic rings. The van der Waals surface area contributed by atoms with E-state index in [4.69, 9.17) is 14.2 Å². The van der Waals surface area contributed by atoms with Gasteiger partial charge in [0.25, 0.3) is 0 Å². The maximum atomic E-state index is 11.7. The summed E-state index contributed by atoms with van der Waals surface area (Å²) < 4.78 is 41.5. The van der Waals surface area contributed by atoms with Crippen LogP contribution in [-0.2, 0) is 16.6 Å². The number of benzene rings is 1. The van der Waals surface area contributed by atoms with E-state index in [0.29, 0.717) is 29.2 Å². The maximum absolute atomic E-state index is 11.7. The van der Waals surface area contributed by atoms with Crippen LogP contribution in [0.25, 0.3) is 0 Å². The van der Waals surface area contributed by atoms with E-state index in [1.165, 1.54) is 21.3 Å². The lowest BCUT2D eigenvalue weighted by Crippen LogP contribution is -2.25. The van der Waals surface area contributed by atoms with Crippen LogP contribution in [-0.4, -0.2) is 35.5 Å². The van der Waals surface area contributed by atoms with Gasteiger partial charge >= 0.3 is 0 Å². The summed E-state index contributed by atoms with van der Waals surface area (Å²) in [6, 6.07) is 3.37. The Morgan fingerprint density at radius 1 is 1.00 bits per heavy atom. The van der Waals surface area contributed by atoms with E-state index in [-0.39, 0.29) is 12.3 Å². The van der Waals surface area contributed by atoms with Crippen molar-refractivity contribution in [2.24, 2.45) is 0 Å². The SMILES string of the molecule is CCCS(=O)(=O)NCc1cc(OC)c(OC)cc1OC. The lowest BCUT2D eigenvalue weighted by molar-refractivity contribution is 0.347. The van der Waals surface area contributed by atoms with Gasteiger partial charge in [0.1, 0.15) is 5.75 Å². The summed E-state index contributed by atoms with van der Waals surface area (Å²) in [5.41, 5.74) is 0.685. The first kappa shape index (κ1) is 16.6. The Morgan fingerprint density at radius 2 is 1.55 bits per heavy atom. The number of hydrogen-bond acceptors (Lipinski definition) is 5. The Bertz CT molecular complexity index is 542. The quantitative estimate of drug-likeness (QED) is 0.788. The molecule has 0 spiro atoms. The third-order valence-corrected chi connectivity index (χ3v) is 4.27. The van der Waals surface area contributed by atoms with E-state index >= 15 is 0 Å². The largest absolute Gasteiger partial charge is 0.496 e. The molecule has 0 saturated heterocycles. The zero-order valence-electron chi connectivity index (χ0n) is 12.2. The van der Waals surface area contributed by atoms with Gasteiger partial charge in [0.15, 0.2) is 11.5 Å². The highest BCUT2D eigenvalue weighted by Gasteiger charge is 2.14. The van der Waals surface area contributed by atoms with Gasteiger partial charge in [-0.1, -0.05) is 6.92 Å². The van der Waals surface area contributed by atoms with E-state index in [1.54, 1.807) is 12.1 Å². The normalized spacial score (nSPS) is 11.2. The molecule has 0 radical (unpaired) electrons. The third-order valence-electron chi connectivity index (χ3n) is 2.74. The van der Waals surface area contributed by atoms with Crippen molar-refractivity contribution in [2.45, 2.75) is 19.9 Å². The monoisotopic (exact) mass is 303 g/mol. The van der Waals surface area contributed by atoms with Gasteiger partial charge in [-0.15, -0.1) is 0 Å². The molecule has 114 valence electrons. The summed E-state index contributed by atoms with van der Waals surface area (Å²) in [5, 5.41) is 0. The maximum Gasteiger partial charge on any atom is 0.211 e. The van der Waals surface area contributed by atoms with Gasteiger partial charge < -0.3 is 14.2 Å². The van der Waals surface area contributed by atoms with Crippen LogP contribution >= 0.6 is 0 Å². The molecule has 1 rings (SSSR count). The van der Waals surface area contributed by atoms with Crippen LogP contribution in [0.5, 0.6) is 17.2 Å². The summed E-state index contributed by atoms with van der Waals surface area (Å²) in [6.45, 7) is 1.96. The molecular formula is C13H21NO5S. The van der Waals surface area contributed by atoms with Crippen molar-refractivity contribution in [3.63, 3.8) is 0 Å². The fraction of sp³-hybridized carbons (Fsp3) is 0.538. The zero-order chi connectivity index (χ0) is 15.2. The Kier molecular flexibility index (Phi) is 6.09. The minimum Gasteiger partial charge on any atom is -0.496 e. The van der Waals surface area contributed by atoms with Gasteiger partial charge in [-0.05, 0) is 12.5 Å². The van der Waals surface area contributed by atoms with Gasteiger partial charge in [0.05, 0.1) is 27.1 Å². The molecule has 0 aromatic heterocycles. The number of nitrogens with one attached hydrogen (secondary N) is 1. The summed E-state index contributed by atoms with van der Waals surface area (Å²) in [5.74, 6) is 1.70. The minimum atomic E-state index is -3.27. The Hall–Kier alpha value is -1.47. The Morgan fingerprint density at radius 3 is 2.05 bits per heavy atom. The van der Waals surface area contributed by atoms with Crippen molar-refractivity contribution < 1.29 is 22.6 Å². The second-order valence-electron chi connectivity index (χ2n) is 4.16. The smallest absolute Gasteiger partial charge is 0.211 e. The van der Waals surface area contributed by atoms with Crippen LogP contribution in [0.3, 0.4) is 0 Å². The predicted molar refractivity (Wildman–Crippen MR) is 77.0 cm³/mol. The predicted octanol–water partition coefficient (Wildman–Crippen LogP) is 1.54. The number of sulfonamides is 1. The fourth-order valence-corrected chi connectivity index (χ4v) is 2.82. The number of rotatable bonds is 8. The van der Waals surface area contributed by atoms with E-state index in [0.717, 1.165) is 0 Å². The third kappa shape index (κ3) is 4.28. The fourth-order valence-electron chi connectivity index (χ4n) is 1.76. The van der Waals surface area contributed by atoms with E-state index in [9.17, 15) is 8.42 Å². The first-order valence-corrected chi connectivity index (χ1v) is 7.88. The van der Waals surface area contributed by atoms with E-state index in [2.05, 4.69) is 4.72 Å². The highest BCUT2D eigenvalue weighted by atomic mass is 32.2. The van der Waals surface area contributed by atoms with Gasteiger partial charge in [0.2, 0.25) is 10.0 Å². The summed E-state index contributed by atoms with van der Waals surface area (Å²) in [7, 11) is 1.30. The van der Waals surface area contributed by atoms with Gasteiger partial charge in [-0.3, -0.25) is 0 Å². The Balaban J connectivity index is 2.99. The summed E-state index contributed by atoms with van der Waals surface area (Å²) >= 11 is 0. The van der Waals surface area contributed by atoms with Crippen LogP contribution in [0.4, 0.5) is 0 Å². The molecule has 20 heavy (non-hydrogen) atoms. The number of hydrogen-bond donors (Lipinski definition) is 1. The van der Waals surface area contributed by atoms with Crippen molar-refractivity contribution in [1.82, 2.24) is 4.72 Å². The molecule has 1 N–H and O–H groups in total. The van der Waals surface area contributed by atoms with E-state index in [1.807, 2.05) is 6.92 Å². The van der Waals surface area contributed by atoms with E-state index < -0.39 is 10.0 Å². The second kappa shape index (κ2) is 7.35. The lowest BCUT2D eigenvalue weighted by atomic mass is 10.1. The molecule has 0 heterocycles. The zero-order valence-corrected chi connectivity index (χ0v) is 13.0. The molecule has 0 bridgehead atoms. The number of methoxy groups -OCH3 is 3. The molecule has 0 atom stereocenters. The highest BCUT2D eigenvalue weighted by Crippen LogP contribution is 2.34.